The molecule has 2 aliphatic carbocycles. The first-order chi connectivity index (χ1) is 41.8. The van der Waals surface area contributed by atoms with Crippen LogP contribution in [0.1, 0.15) is 24.7 Å². The lowest BCUT2D eigenvalue weighted by Gasteiger charge is -2.37. The number of rotatable bonds is 18. The normalized spacial score (nSPS) is 15.7. The molecular formula is C52H45Cl2N13O17S5. The number of halogens is 2. The number of aromatic nitrogens is 7. The summed E-state index contributed by atoms with van der Waals surface area (Å²) in [7, 11) is -22.0. The van der Waals surface area contributed by atoms with E-state index in [0.717, 1.165) is 6.07 Å². The lowest BCUT2D eigenvalue weighted by molar-refractivity contribution is 0.221. The maximum Gasteiger partial charge on any atom is 0.300 e. The van der Waals surface area contributed by atoms with Gasteiger partial charge in [0, 0.05) is 44.4 Å². The molecule has 0 bridgehead atoms. The third kappa shape index (κ3) is 12.7. The maximum atomic E-state index is 13.5. The van der Waals surface area contributed by atoms with Gasteiger partial charge < -0.3 is 34.9 Å². The Labute approximate surface area is 515 Å². The first-order valence-corrected chi connectivity index (χ1v) is 34.0. The number of allylic oxidation sites excluding steroid dienone is 1. The van der Waals surface area contributed by atoms with Crippen LogP contribution in [0, 0.1) is 0 Å². The van der Waals surface area contributed by atoms with Crippen LogP contribution in [0.3, 0.4) is 0 Å². The zero-order chi connectivity index (χ0) is 63.9. The van der Waals surface area contributed by atoms with Crippen molar-refractivity contribution in [1.29, 1.82) is 0 Å². The standard InChI is InChI=1S/C52H45Cl2N13O17S5/c1-4-21-66(2)52-64-49(57-32-16-15-26-10-6-8-12-29(26)45(32)87(74,75)76)62-50(65-52)59-34-20-18-31-41(47(34)89(80,81)82)84-43-37(54)38-42(36(53)39(43)56-31)83-40-30(55-38)17-19-33(46(40)88(77,78)79)58-48-60-35(61-51(63-48)67(3)22-23-85(68,69)70)24-27-14-13-25-9-5-7-11-28(25)44(27)86(71,72)73/h5-20,31,41,56H,4,21-24H2,1-3H3,(H,68,69,70)(H,71,72,73)(H,74,75,76)(H,77,78,79)(H,80,81,82)(H2,57,59,62,64,65)/b58-33+. The first kappa shape index (κ1) is 62.3. The molecule has 7 aromatic rings. The highest BCUT2D eigenvalue weighted by atomic mass is 35.5. The number of fused-ring (bicyclic) bond motifs is 6. The SMILES string of the molecule is CCCN(C)c1nc(NC2=C(S(=O)(=O)O)C3Oc4c(c(Cl)c5oc6c(S(=O)(=O)O)/c(=N/c7nc(Cc8ccc9ccccc9c8S(=O)(=O)O)nc(N(C)CCS(=O)(=O)O)n7)ccc-6nc5c4Cl)NC3C=C2)nc(Nc2ccc3ccccc3c2S(=O)(=O)O)n1. The average molecular weight is 1360 g/mol. The highest BCUT2D eigenvalue weighted by Gasteiger charge is 2.44. The van der Waals surface area contributed by atoms with E-state index in [4.69, 9.17) is 32.4 Å². The van der Waals surface area contributed by atoms with E-state index in [1.54, 1.807) is 60.5 Å². The Morgan fingerprint density at radius 2 is 1.27 bits per heavy atom. The summed E-state index contributed by atoms with van der Waals surface area (Å²) in [5, 5.41) is 8.57. The summed E-state index contributed by atoms with van der Waals surface area (Å²) < 4.78 is 193. The number of ether oxygens (including phenoxy) is 1. The second-order valence-electron chi connectivity index (χ2n) is 20.0. The zero-order valence-corrected chi connectivity index (χ0v) is 51.4. The summed E-state index contributed by atoms with van der Waals surface area (Å²) in [6, 6.07) is 19.7. The second-order valence-corrected chi connectivity index (χ2v) is 27.8. The number of nitrogens with zero attached hydrogens (tertiary/aromatic N) is 10. The molecule has 0 radical (unpaired) electrons. The van der Waals surface area contributed by atoms with Crippen LogP contribution in [-0.2, 0) is 57.0 Å². The summed E-state index contributed by atoms with van der Waals surface area (Å²) in [5.74, 6) is -3.50. The Kier molecular flexibility index (Phi) is 16.3. The topological polar surface area (TPSA) is 439 Å². The number of hydrogen-bond donors (Lipinski definition) is 8. The number of hydrogen-bond acceptors (Lipinski definition) is 25. The monoisotopic (exact) mass is 1350 g/mol. The molecule has 0 fully saturated rings. The van der Waals surface area contributed by atoms with Crippen LogP contribution in [-0.4, -0.2) is 145 Å². The van der Waals surface area contributed by atoms with Gasteiger partial charge in [0.1, 0.15) is 47.5 Å². The predicted molar refractivity (Wildman–Crippen MR) is 325 cm³/mol. The van der Waals surface area contributed by atoms with Gasteiger partial charge in [-0.3, -0.25) is 22.8 Å². The van der Waals surface area contributed by atoms with Gasteiger partial charge in [-0.1, -0.05) is 103 Å². The quantitative estimate of drug-likeness (QED) is 0.0326. The van der Waals surface area contributed by atoms with E-state index in [2.05, 4.69) is 55.8 Å². The number of benzene rings is 6. The number of anilines is 6. The molecule has 30 nitrogen and oxygen atoms in total. The maximum absolute atomic E-state index is 13.5. The van der Waals surface area contributed by atoms with Crippen LogP contribution >= 0.6 is 23.2 Å². The number of nitrogens with one attached hydrogen (secondary N) is 3. The molecule has 464 valence electrons. The minimum absolute atomic E-state index is 0.00796. The predicted octanol–water partition coefficient (Wildman–Crippen LogP) is 6.72. The summed E-state index contributed by atoms with van der Waals surface area (Å²) in [5.41, 5.74) is -1.63. The molecule has 37 heteroatoms. The Morgan fingerprint density at radius 3 is 1.91 bits per heavy atom. The summed E-state index contributed by atoms with van der Waals surface area (Å²) in [4.78, 5) is 35.1. The highest BCUT2D eigenvalue weighted by Crippen LogP contribution is 2.51. The molecule has 0 saturated heterocycles. The molecule has 2 atom stereocenters. The van der Waals surface area contributed by atoms with Crippen molar-refractivity contribution in [3.63, 3.8) is 0 Å². The van der Waals surface area contributed by atoms with Crippen molar-refractivity contribution in [3.8, 4) is 17.2 Å². The fourth-order valence-electron chi connectivity index (χ4n) is 9.99. The van der Waals surface area contributed by atoms with Gasteiger partial charge in [-0.05, 0) is 47.0 Å². The summed E-state index contributed by atoms with van der Waals surface area (Å²) >= 11 is 14.0. The summed E-state index contributed by atoms with van der Waals surface area (Å²) in [6.45, 7) is 1.87. The molecule has 0 spiro atoms. The fraction of sp³-hybridized carbons (Fsp3) is 0.192. The molecular weight excluding hydrogens is 1310 g/mol. The molecule has 2 aromatic heterocycles. The molecule has 0 saturated carbocycles. The Hall–Kier alpha value is -8.33. The van der Waals surface area contributed by atoms with Gasteiger partial charge in [-0.2, -0.15) is 72.0 Å². The van der Waals surface area contributed by atoms with Crippen molar-refractivity contribution >= 4 is 148 Å². The van der Waals surface area contributed by atoms with Gasteiger partial charge in [-0.25, -0.2) is 9.98 Å². The Morgan fingerprint density at radius 1 is 0.652 bits per heavy atom. The van der Waals surface area contributed by atoms with Crippen LogP contribution in [0.5, 0.6) is 5.75 Å². The minimum Gasteiger partial charge on any atom is -0.478 e. The molecule has 4 heterocycles. The molecule has 8 N–H and O–H groups in total. The van der Waals surface area contributed by atoms with Crippen molar-refractivity contribution in [2.24, 2.45) is 4.99 Å². The van der Waals surface area contributed by atoms with Gasteiger partial charge in [0.05, 0.1) is 28.5 Å². The van der Waals surface area contributed by atoms with Crippen molar-refractivity contribution < 1.29 is 74.0 Å². The fourth-order valence-corrected chi connectivity index (χ4v) is 14.5. The Bertz CT molecular complexity index is 5180. The third-order valence-electron chi connectivity index (χ3n) is 13.8. The zero-order valence-electron chi connectivity index (χ0n) is 45.8. The van der Waals surface area contributed by atoms with Gasteiger partial charge in [0.2, 0.25) is 23.8 Å². The smallest absolute Gasteiger partial charge is 0.300 e. The lowest BCUT2D eigenvalue weighted by atomic mass is 10.00. The van der Waals surface area contributed by atoms with Gasteiger partial charge in [0.25, 0.3) is 46.4 Å². The van der Waals surface area contributed by atoms with Crippen LogP contribution in [0.2, 0.25) is 10.0 Å². The molecule has 5 aromatic carbocycles. The lowest BCUT2D eigenvalue weighted by Crippen LogP contribution is -2.46. The minimum atomic E-state index is -5.41. The molecule has 4 aliphatic rings. The largest absolute Gasteiger partial charge is 0.478 e. The van der Waals surface area contributed by atoms with Crippen molar-refractivity contribution in [3.05, 3.63) is 134 Å². The Balaban J connectivity index is 0.983. The first-order valence-electron chi connectivity index (χ1n) is 25.9. The average Bonchev–Trinajstić information content (AvgIpc) is 0.798. The van der Waals surface area contributed by atoms with Crippen LogP contribution in [0.4, 0.5) is 41.1 Å². The van der Waals surface area contributed by atoms with E-state index in [0.29, 0.717) is 23.7 Å². The van der Waals surface area contributed by atoms with E-state index in [1.807, 2.05) is 6.92 Å². The van der Waals surface area contributed by atoms with Crippen LogP contribution in [0.15, 0.2) is 132 Å². The van der Waals surface area contributed by atoms with Gasteiger partial charge >= 0.3 is 10.1 Å². The van der Waals surface area contributed by atoms with Crippen molar-refractivity contribution in [1.82, 2.24) is 34.9 Å². The third-order valence-corrected chi connectivity index (χ3v) is 19.1. The van der Waals surface area contributed by atoms with E-state index < -0.39 is 129 Å². The van der Waals surface area contributed by atoms with Crippen LogP contribution in [0.25, 0.3) is 44.1 Å². The van der Waals surface area contributed by atoms with Gasteiger partial charge in [0.15, 0.2) is 28.1 Å². The van der Waals surface area contributed by atoms with Crippen molar-refractivity contribution in [2.75, 3.05) is 58.7 Å². The molecule has 2 aliphatic heterocycles. The van der Waals surface area contributed by atoms with Crippen molar-refractivity contribution in [2.45, 2.75) is 46.6 Å². The molecule has 89 heavy (non-hydrogen) atoms. The van der Waals surface area contributed by atoms with E-state index in [-0.39, 0.29) is 85.0 Å². The molecule has 0 amide bonds. The summed E-state index contributed by atoms with van der Waals surface area (Å²) in [6.07, 6.45) is 1.17. The molecule has 2 unspecified atom stereocenters. The van der Waals surface area contributed by atoms with E-state index >= 15 is 0 Å². The van der Waals surface area contributed by atoms with Crippen LogP contribution < -0.4 is 35.8 Å². The molecule has 11 rings (SSSR count). The van der Waals surface area contributed by atoms with Gasteiger partial charge in [-0.15, -0.1) is 0 Å². The van der Waals surface area contributed by atoms with E-state index in [1.165, 1.54) is 54.4 Å². The van der Waals surface area contributed by atoms with E-state index in [9.17, 15) is 64.9 Å². The highest BCUT2D eigenvalue weighted by molar-refractivity contribution is 7.90. The second kappa shape index (κ2) is 23.2.